The van der Waals surface area contributed by atoms with Crippen molar-refractivity contribution in [2.45, 2.75) is 39.7 Å². The second-order valence-corrected chi connectivity index (χ2v) is 7.20. The molecule has 3 aromatic rings. The van der Waals surface area contributed by atoms with E-state index in [1.54, 1.807) is 43.3 Å². The van der Waals surface area contributed by atoms with Crippen LogP contribution in [0.1, 0.15) is 63.6 Å². The number of hydrogen-bond acceptors (Lipinski definition) is 4. The minimum Gasteiger partial charge on any atom is -0.478 e. The maximum Gasteiger partial charge on any atom is 0.336 e. The van der Waals surface area contributed by atoms with Crippen molar-refractivity contribution >= 4 is 18.2 Å². The van der Waals surface area contributed by atoms with Crippen LogP contribution in [0.2, 0.25) is 0 Å². The lowest BCUT2D eigenvalue weighted by molar-refractivity contribution is 0.0697. The summed E-state index contributed by atoms with van der Waals surface area (Å²) in [4.78, 5) is 48.4. The maximum absolute atomic E-state index is 12.9. The summed E-state index contributed by atoms with van der Waals surface area (Å²) in [5.41, 5.74) is 2.51. The number of carbonyl (C=O) groups excluding carboxylic acids is 2. The Bertz CT molecular complexity index is 1190. The average molecular weight is 420 g/mol. The van der Waals surface area contributed by atoms with Gasteiger partial charge >= 0.3 is 11.7 Å². The summed E-state index contributed by atoms with van der Waals surface area (Å²) in [6.07, 6.45) is 1.91. The number of hydrogen-bond donors (Lipinski definition) is 1. The van der Waals surface area contributed by atoms with Crippen molar-refractivity contribution < 1.29 is 19.5 Å². The van der Waals surface area contributed by atoms with Crippen molar-refractivity contribution in [2.75, 3.05) is 0 Å². The van der Waals surface area contributed by atoms with E-state index in [9.17, 15) is 24.3 Å². The smallest absolute Gasteiger partial charge is 0.336 e. The summed E-state index contributed by atoms with van der Waals surface area (Å²) in [6.45, 7) is 3.80. The Labute approximate surface area is 179 Å². The van der Waals surface area contributed by atoms with Crippen molar-refractivity contribution in [2.24, 2.45) is 0 Å². The maximum atomic E-state index is 12.9. The monoisotopic (exact) mass is 420 g/mol. The Morgan fingerprint density at radius 1 is 1.03 bits per heavy atom. The number of carboxylic acids is 1. The highest BCUT2D eigenvalue weighted by Crippen LogP contribution is 2.24. The highest BCUT2D eigenvalue weighted by atomic mass is 16.4. The van der Waals surface area contributed by atoms with Crippen LogP contribution in [0, 0.1) is 0 Å². The fraction of sp³-hybridized carbons (Fsp3) is 0.250. The van der Waals surface area contributed by atoms with Gasteiger partial charge in [-0.25, -0.2) is 14.2 Å². The van der Waals surface area contributed by atoms with Crippen LogP contribution in [0.3, 0.4) is 0 Å². The zero-order valence-corrected chi connectivity index (χ0v) is 17.5. The largest absolute Gasteiger partial charge is 0.478 e. The molecule has 0 saturated heterocycles. The number of nitrogens with zero attached hydrogens (tertiary/aromatic N) is 2. The van der Waals surface area contributed by atoms with Gasteiger partial charge in [-0.1, -0.05) is 62.7 Å². The van der Waals surface area contributed by atoms with Gasteiger partial charge in [0, 0.05) is 6.42 Å². The first-order chi connectivity index (χ1) is 14.9. The van der Waals surface area contributed by atoms with E-state index in [-0.39, 0.29) is 24.2 Å². The van der Waals surface area contributed by atoms with Gasteiger partial charge in [0.1, 0.15) is 5.69 Å². The van der Waals surface area contributed by atoms with Gasteiger partial charge in [0.15, 0.2) is 6.29 Å². The first-order valence-electron chi connectivity index (χ1n) is 10.2. The Morgan fingerprint density at radius 3 is 2.29 bits per heavy atom. The third-order valence-electron chi connectivity index (χ3n) is 5.20. The van der Waals surface area contributed by atoms with E-state index in [4.69, 9.17) is 0 Å². The molecule has 0 aliphatic carbocycles. The molecule has 0 aliphatic rings. The molecule has 1 aromatic heterocycles. The van der Waals surface area contributed by atoms with E-state index in [0.29, 0.717) is 24.0 Å². The Hall–Kier alpha value is -3.74. The number of carbonyl (C=O) groups is 3. The molecule has 1 N–H and O–H groups in total. The van der Waals surface area contributed by atoms with Gasteiger partial charge in [-0.15, -0.1) is 0 Å². The van der Waals surface area contributed by atoms with E-state index in [1.807, 2.05) is 19.1 Å². The highest BCUT2D eigenvalue weighted by molar-refractivity contribution is 5.96. The van der Waals surface area contributed by atoms with E-state index in [0.717, 1.165) is 22.1 Å². The zero-order chi connectivity index (χ0) is 22.5. The molecule has 7 heteroatoms. The first-order valence-corrected chi connectivity index (χ1v) is 10.2. The summed E-state index contributed by atoms with van der Waals surface area (Å²) in [5.74, 6) is -1.41. The van der Waals surface area contributed by atoms with E-state index < -0.39 is 17.6 Å². The lowest BCUT2D eigenvalue weighted by Crippen LogP contribution is -2.30. The predicted octanol–water partition coefficient (Wildman–Crippen LogP) is 3.88. The van der Waals surface area contributed by atoms with Crippen LogP contribution in [0.5, 0.6) is 0 Å². The number of carboxylic acid groups (broad SMARTS) is 1. The zero-order valence-electron chi connectivity index (χ0n) is 17.5. The SMILES string of the molecule is CCCc1c(C=O)n(C(=O)CC)c(=O)n1Cc1ccc(-c2ccccc2C(=O)O)cc1. The van der Waals surface area contributed by atoms with Gasteiger partial charge in [0.2, 0.25) is 5.91 Å². The fourth-order valence-electron chi connectivity index (χ4n) is 3.68. The molecule has 0 spiro atoms. The van der Waals surface area contributed by atoms with Crippen LogP contribution in [0.15, 0.2) is 53.3 Å². The molecule has 0 saturated carbocycles. The van der Waals surface area contributed by atoms with Crippen molar-refractivity contribution in [3.8, 4) is 11.1 Å². The Balaban J connectivity index is 2.01. The Morgan fingerprint density at radius 2 is 1.71 bits per heavy atom. The van der Waals surface area contributed by atoms with Crippen molar-refractivity contribution in [1.82, 2.24) is 9.13 Å². The molecular weight excluding hydrogens is 396 g/mol. The number of aromatic carboxylic acids is 1. The quantitative estimate of drug-likeness (QED) is 0.558. The lowest BCUT2D eigenvalue weighted by Gasteiger charge is -2.10. The normalized spacial score (nSPS) is 10.8. The molecule has 0 radical (unpaired) electrons. The molecular formula is C24H24N2O5. The van der Waals surface area contributed by atoms with Gasteiger partial charge in [-0.05, 0) is 29.2 Å². The molecule has 0 fully saturated rings. The number of rotatable bonds is 8. The minimum absolute atomic E-state index is 0.116. The van der Waals surface area contributed by atoms with Crippen LogP contribution in [0.25, 0.3) is 11.1 Å². The second-order valence-electron chi connectivity index (χ2n) is 7.20. The van der Waals surface area contributed by atoms with Crippen LogP contribution in [-0.4, -0.2) is 32.4 Å². The minimum atomic E-state index is -1.00. The Kier molecular flexibility index (Phi) is 6.65. The summed E-state index contributed by atoms with van der Waals surface area (Å²) in [7, 11) is 0. The number of benzene rings is 2. The molecule has 3 rings (SSSR count). The molecule has 31 heavy (non-hydrogen) atoms. The average Bonchev–Trinajstić information content (AvgIpc) is 3.04. The third kappa shape index (κ3) is 4.26. The lowest BCUT2D eigenvalue weighted by atomic mass is 9.99. The topological polar surface area (TPSA) is 98.4 Å². The third-order valence-corrected chi connectivity index (χ3v) is 5.20. The molecule has 0 aliphatic heterocycles. The van der Waals surface area contributed by atoms with Crippen LogP contribution >= 0.6 is 0 Å². The van der Waals surface area contributed by atoms with Crippen molar-refractivity contribution in [1.29, 1.82) is 0 Å². The molecule has 0 bridgehead atoms. The summed E-state index contributed by atoms with van der Waals surface area (Å²) in [5, 5.41) is 9.41. The summed E-state index contributed by atoms with van der Waals surface area (Å²) >= 11 is 0. The highest BCUT2D eigenvalue weighted by Gasteiger charge is 2.22. The van der Waals surface area contributed by atoms with E-state index in [1.165, 1.54) is 4.57 Å². The van der Waals surface area contributed by atoms with Crippen LogP contribution in [-0.2, 0) is 13.0 Å². The molecule has 0 amide bonds. The standard InChI is InChI=1S/C24H24N2O5/c1-3-7-20-21(15-27)26(22(28)4-2)24(31)25(20)14-16-10-12-17(13-11-16)18-8-5-6-9-19(18)23(29)30/h5-6,8-13,15H,3-4,7,14H2,1-2H3,(H,29,30). The van der Waals surface area contributed by atoms with Gasteiger partial charge in [-0.2, -0.15) is 0 Å². The molecule has 0 unspecified atom stereocenters. The van der Waals surface area contributed by atoms with E-state index in [2.05, 4.69) is 0 Å². The van der Waals surface area contributed by atoms with E-state index >= 15 is 0 Å². The van der Waals surface area contributed by atoms with Gasteiger partial charge in [0.25, 0.3) is 0 Å². The van der Waals surface area contributed by atoms with Gasteiger partial charge in [-0.3, -0.25) is 14.2 Å². The number of aromatic nitrogens is 2. The molecule has 0 atom stereocenters. The van der Waals surface area contributed by atoms with Crippen LogP contribution < -0.4 is 5.69 Å². The summed E-state index contributed by atoms with van der Waals surface area (Å²) in [6, 6.07) is 14.0. The molecule has 160 valence electrons. The van der Waals surface area contributed by atoms with Crippen molar-refractivity contribution in [3.05, 3.63) is 81.5 Å². The predicted molar refractivity (Wildman–Crippen MR) is 117 cm³/mol. The summed E-state index contributed by atoms with van der Waals surface area (Å²) < 4.78 is 2.44. The van der Waals surface area contributed by atoms with Gasteiger partial charge < -0.3 is 5.11 Å². The molecule has 1 heterocycles. The fourth-order valence-corrected chi connectivity index (χ4v) is 3.68. The van der Waals surface area contributed by atoms with Gasteiger partial charge in [0.05, 0.1) is 17.8 Å². The number of imidazole rings is 1. The molecule has 7 nitrogen and oxygen atoms in total. The number of aldehydes is 1. The first kappa shape index (κ1) is 22.0. The van der Waals surface area contributed by atoms with Crippen LogP contribution in [0.4, 0.5) is 0 Å². The second kappa shape index (κ2) is 9.38. The van der Waals surface area contributed by atoms with Crippen molar-refractivity contribution in [3.63, 3.8) is 0 Å². The molecule has 2 aromatic carbocycles.